The number of primary amides is 1. The molecule has 1 amide bonds. The van der Waals surface area contributed by atoms with Gasteiger partial charge in [-0.15, -0.1) is 0 Å². The normalized spacial score (nSPS) is 11.8. The summed E-state index contributed by atoms with van der Waals surface area (Å²) in [7, 11) is 0. The molecule has 0 fully saturated rings. The van der Waals surface area contributed by atoms with E-state index in [-0.39, 0.29) is 5.41 Å². The molecule has 2 heterocycles. The van der Waals surface area contributed by atoms with Crippen molar-refractivity contribution < 1.29 is 14.1 Å². The van der Waals surface area contributed by atoms with Crippen molar-refractivity contribution in [1.82, 2.24) is 15.1 Å². The van der Waals surface area contributed by atoms with Gasteiger partial charge in [-0.05, 0) is 12.1 Å². The highest BCUT2D eigenvalue weighted by atomic mass is 16.5. The topological polar surface area (TPSA) is 107 Å². The van der Waals surface area contributed by atoms with E-state index in [9.17, 15) is 4.79 Å². The van der Waals surface area contributed by atoms with Crippen LogP contribution in [0.1, 0.15) is 26.5 Å². The Morgan fingerprint density at radius 3 is 2.77 bits per heavy atom. The Hall–Kier alpha value is -2.83. The fourth-order valence-corrected chi connectivity index (χ4v) is 2.05. The summed E-state index contributed by atoms with van der Waals surface area (Å²) in [5, 5.41) is 4.06. The molecule has 0 saturated heterocycles. The minimum atomic E-state index is -0.883. The zero-order chi connectivity index (χ0) is 15.9. The third kappa shape index (κ3) is 2.52. The number of aromatic amines is 1. The molecule has 7 heteroatoms. The molecule has 0 atom stereocenters. The van der Waals surface area contributed by atoms with Gasteiger partial charge in [0.2, 0.25) is 5.76 Å². The van der Waals surface area contributed by atoms with Crippen LogP contribution in [0.3, 0.4) is 0 Å². The van der Waals surface area contributed by atoms with Crippen molar-refractivity contribution in [2.45, 2.75) is 26.2 Å². The third-order valence-corrected chi connectivity index (χ3v) is 3.20. The average Bonchev–Trinajstić information content (AvgIpc) is 3.04. The summed E-state index contributed by atoms with van der Waals surface area (Å²) >= 11 is 0. The van der Waals surface area contributed by atoms with Crippen molar-refractivity contribution in [2.24, 2.45) is 5.73 Å². The molecule has 0 unspecified atom stereocenters. The number of fused-ring (bicyclic) bond motifs is 1. The van der Waals surface area contributed by atoms with Gasteiger partial charge in [-0.25, -0.2) is 9.78 Å². The molecule has 2 aromatic heterocycles. The fourth-order valence-electron chi connectivity index (χ4n) is 2.05. The number of para-hydroxylation sites is 1. The largest absolute Gasteiger partial charge is 0.410 e. The molecular formula is C15H16N4O3. The van der Waals surface area contributed by atoms with Crippen LogP contribution in [0, 0.1) is 0 Å². The number of imidazole rings is 1. The van der Waals surface area contributed by atoms with Gasteiger partial charge in [-0.1, -0.05) is 32.0 Å². The minimum absolute atomic E-state index is 0.117. The van der Waals surface area contributed by atoms with Gasteiger partial charge in [-0.2, -0.15) is 0 Å². The molecule has 22 heavy (non-hydrogen) atoms. The number of nitrogens with zero attached hydrogens (tertiary/aromatic N) is 2. The summed E-state index contributed by atoms with van der Waals surface area (Å²) in [5.41, 5.74) is 6.99. The van der Waals surface area contributed by atoms with Gasteiger partial charge in [0.05, 0.1) is 11.2 Å². The predicted octanol–water partition coefficient (Wildman–Crippen LogP) is 2.97. The average molecular weight is 300 g/mol. The van der Waals surface area contributed by atoms with Crippen molar-refractivity contribution in [2.75, 3.05) is 0 Å². The van der Waals surface area contributed by atoms with E-state index in [1.165, 1.54) is 0 Å². The highest BCUT2D eigenvalue weighted by Crippen LogP contribution is 2.29. The van der Waals surface area contributed by atoms with Crippen molar-refractivity contribution in [3.05, 3.63) is 30.0 Å². The highest BCUT2D eigenvalue weighted by molar-refractivity contribution is 5.86. The van der Waals surface area contributed by atoms with E-state index in [0.717, 1.165) is 5.69 Å². The van der Waals surface area contributed by atoms with Crippen LogP contribution in [0.4, 0.5) is 4.79 Å². The van der Waals surface area contributed by atoms with Gasteiger partial charge in [0.1, 0.15) is 5.52 Å². The van der Waals surface area contributed by atoms with Gasteiger partial charge < -0.3 is 20.0 Å². The lowest BCUT2D eigenvalue weighted by Crippen LogP contribution is -2.16. The third-order valence-electron chi connectivity index (χ3n) is 3.20. The van der Waals surface area contributed by atoms with Crippen LogP contribution in [0.25, 0.3) is 22.6 Å². The lowest BCUT2D eigenvalue weighted by molar-refractivity contribution is 0.211. The molecule has 3 aromatic rings. The van der Waals surface area contributed by atoms with E-state index >= 15 is 0 Å². The first-order chi connectivity index (χ1) is 10.3. The summed E-state index contributed by atoms with van der Waals surface area (Å²) in [6, 6.07) is 7.02. The Labute approximate surface area is 126 Å². The number of benzene rings is 1. The number of hydrogen-bond acceptors (Lipinski definition) is 5. The molecule has 0 radical (unpaired) electrons. The maximum Gasteiger partial charge on any atom is 0.410 e. The minimum Gasteiger partial charge on any atom is -0.408 e. The number of aromatic nitrogens is 3. The molecular weight excluding hydrogens is 284 g/mol. The molecule has 114 valence electrons. The van der Waals surface area contributed by atoms with Crippen LogP contribution in [0.5, 0.6) is 5.75 Å². The number of rotatable bonds is 2. The maximum absolute atomic E-state index is 10.9. The number of H-pyrrole nitrogens is 1. The Kier molecular flexibility index (Phi) is 3.13. The van der Waals surface area contributed by atoms with Crippen LogP contribution >= 0.6 is 0 Å². The number of nitrogens with two attached hydrogens (primary N) is 1. The second-order valence-corrected chi connectivity index (χ2v) is 5.99. The Morgan fingerprint density at radius 1 is 1.36 bits per heavy atom. The van der Waals surface area contributed by atoms with E-state index in [0.29, 0.717) is 28.4 Å². The van der Waals surface area contributed by atoms with Gasteiger partial charge in [0.25, 0.3) is 0 Å². The van der Waals surface area contributed by atoms with Gasteiger partial charge in [0, 0.05) is 11.5 Å². The first-order valence-corrected chi connectivity index (χ1v) is 6.78. The molecule has 7 nitrogen and oxygen atoms in total. The van der Waals surface area contributed by atoms with Gasteiger partial charge in [0.15, 0.2) is 11.6 Å². The van der Waals surface area contributed by atoms with E-state index in [4.69, 9.17) is 15.0 Å². The zero-order valence-corrected chi connectivity index (χ0v) is 12.5. The SMILES string of the molecule is CC(C)(C)c1cc(-c2nc3c(OC(N)=O)cccc3[nH]2)on1. The van der Waals surface area contributed by atoms with Gasteiger partial charge in [-0.3, -0.25) is 0 Å². The van der Waals surface area contributed by atoms with Crippen molar-refractivity contribution in [3.63, 3.8) is 0 Å². The number of nitrogens with one attached hydrogen (secondary N) is 1. The van der Waals surface area contributed by atoms with Crippen LogP contribution in [-0.4, -0.2) is 21.2 Å². The number of hydrogen-bond donors (Lipinski definition) is 2. The smallest absolute Gasteiger partial charge is 0.408 e. The predicted molar refractivity (Wildman–Crippen MR) is 80.5 cm³/mol. The first kappa shape index (κ1) is 14.1. The van der Waals surface area contributed by atoms with Crippen LogP contribution in [-0.2, 0) is 5.41 Å². The molecule has 0 bridgehead atoms. The fraction of sp³-hybridized carbons (Fsp3) is 0.267. The van der Waals surface area contributed by atoms with Gasteiger partial charge >= 0.3 is 6.09 Å². The molecule has 1 aromatic carbocycles. The summed E-state index contributed by atoms with van der Waals surface area (Å²) in [6.07, 6.45) is -0.883. The number of ether oxygens (including phenoxy) is 1. The molecule has 0 aliphatic carbocycles. The monoisotopic (exact) mass is 300 g/mol. The molecule has 0 aliphatic heterocycles. The van der Waals surface area contributed by atoms with E-state index in [1.807, 2.05) is 32.9 Å². The number of carbonyl (C=O) groups excluding carboxylic acids is 1. The van der Waals surface area contributed by atoms with E-state index < -0.39 is 6.09 Å². The zero-order valence-electron chi connectivity index (χ0n) is 12.5. The Morgan fingerprint density at radius 2 is 2.14 bits per heavy atom. The van der Waals surface area contributed by atoms with E-state index in [2.05, 4.69) is 15.1 Å². The molecule has 0 spiro atoms. The highest BCUT2D eigenvalue weighted by Gasteiger charge is 2.21. The number of carbonyl (C=O) groups is 1. The second kappa shape index (κ2) is 4.87. The summed E-state index contributed by atoms with van der Waals surface area (Å²) in [5.74, 6) is 1.33. The van der Waals surface area contributed by atoms with E-state index in [1.54, 1.807) is 12.1 Å². The second-order valence-electron chi connectivity index (χ2n) is 5.99. The molecule has 3 N–H and O–H groups in total. The quantitative estimate of drug-likeness (QED) is 0.756. The number of amides is 1. The van der Waals surface area contributed by atoms with Crippen molar-refractivity contribution in [3.8, 4) is 17.3 Å². The summed E-state index contributed by atoms with van der Waals surface area (Å²) < 4.78 is 10.3. The Balaban J connectivity index is 2.05. The van der Waals surface area contributed by atoms with Crippen LogP contribution < -0.4 is 10.5 Å². The molecule has 0 saturated carbocycles. The molecule has 0 aliphatic rings. The Bertz CT molecular complexity index is 842. The van der Waals surface area contributed by atoms with Crippen LogP contribution in [0.2, 0.25) is 0 Å². The lowest BCUT2D eigenvalue weighted by atomic mass is 9.92. The van der Waals surface area contributed by atoms with Crippen LogP contribution in [0.15, 0.2) is 28.8 Å². The maximum atomic E-state index is 10.9. The summed E-state index contributed by atoms with van der Waals surface area (Å²) in [4.78, 5) is 18.5. The summed E-state index contributed by atoms with van der Waals surface area (Å²) in [6.45, 7) is 6.14. The van der Waals surface area contributed by atoms with Crippen molar-refractivity contribution in [1.29, 1.82) is 0 Å². The standard InChI is InChI=1S/C15H16N4O3/c1-15(2,3)11-7-10(22-19-11)13-17-8-5-4-6-9(12(8)18-13)21-14(16)20/h4-7H,1-3H3,(H2,16,20)(H,17,18). The molecule has 3 rings (SSSR count). The van der Waals surface area contributed by atoms with Crippen molar-refractivity contribution >= 4 is 17.1 Å². The lowest BCUT2D eigenvalue weighted by Gasteiger charge is -2.12. The first-order valence-electron chi connectivity index (χ1n) is 6.78.